The van der Waals surface area contributed by atoms with Gasteiger partial charge in [-0.3, -0.25) is 4.98 Å². The van der Waals surface area contributed by atoms with Crippen molar-refractivity contribution in [2.24, 2.45) is 0 Å². The summed E-state index contributed by atoms with van der Waals surface area (Å²) in [5.74, 6) is 0. The molecule has 0 amide bonds. The molecule has 2 heterocycles. The summed E-state index contributed by atoms with van der Waals surface area (Å²) in [7, 11) is 0. The van der Waals surface area contributed by atoms with Crippen molar-refractivity contribution in [3.63, 3.8) is 0 Å². The highest BCUT2D eigenvalue weighted by Gasteiger charge is 2.07. The normalized spacial score (nSPS) is 11.7. The number of rotatable bonds is 0. The largest absolute Gasteiger partial charge is 0.306 e. The minimum Gasteiger partial charge on any atom is -0.306 e. The fourth-order valence-electron chi connectivity index (χ4n) is 2.64. The van der Waals surface area contributed by atoms with E-state index < -0.39 is 0 Å². The third kappa shape index (κ3) is 1.53. The molecule has 0 saturated carbocycles. The van der Waals surface area contributed by atoms with Crippen molar-refractivity contribution in [2.45, 2.75) is 6.92 Å². The molecule has 0 radical (unpaired) electrons. The Morgan fingerprint density at radius 2 is 1.84 bits per heavy atom. The predicted molar refractivity (Wildman–Crippen MR) is 80.0 cm³/mol. The number of hydrogen-bond donors (Lipinski definition) is 0. The second-order valence-corrected chi connectivity index (χ2v) is 5.29. The molecule has 92 valence electrons. The number of fused-ring (bicyclic) bond motifs is 5. The van der Waals surface area contributed by atoms with Crippen molar-refractivity contribution in [2.75, 3.05) is 0 Å². The van der Waals surface area contributed by atoms with Crippen molar-refractivity contribution in [1.29, 1.82) is 0 Å². The van der Waals surface area contributed by atoms with Crippen LogP contribution < -0.4 is 0 Å². The topological polar surface area (TPSA) is 17.3 Å². The summed E-state index contributed by atoms with van der Waals surface area (Å²) in [6, 6.07) is 14.5. The quantitative estimate of drug-likeness (QED) is 0.455. The molecule has 0 bridgehead atoms. The van der Waals surface area contributed by atoms with Crippen LogP contribution in [0.1, 0.15) is 5.56 Å². The summed E-state index contributed by atoms with van der Waals surface area (Å²) in [5.41, 5.74) is 5.58. The van der Waals surface area contributed by atoms with Gasteiger partial charge in [0.2, 0.25) is 0 Å². The van der Waals surface area contributed by atoms with Gasteiger partial charge < -0.3 is 4.40 Å². The standard InChI is InChI=1S/C16H11ClN2/c1-10-2-4-15-11(6-10)7-13-9-18-14-8-12(17)3-5-16(14)19(13)15/h2-9H,1H3. The van der Waals surface area contributed by atoms with Gasteiger partial charge in [0.15, 0.2) is 0 Å². The maximum atomic E-state index is 6.03. The van der Waals surface area contributed by atoms with Crippen LogP contribution in [-0.2, 0) is 0 Å². The summed E-state index contributed by atoms with van der Waals surface area (Å²) in [6.45, 7) is 2.11. The minimum absolute atomic E-state index is 0.714. The summed E-state index contributed by atoms with van der Waals surface area (Å²) in [4.78, 5) is 4.48. The SMILES string of the molecule is Cc1ccc2c(c1)cc1cnc3cc(Cl)ccc3n12. The van der Waals surface area contributed by atoms with E-state index in [1.54, 1.807) is 0 Å². The van der Waals surface area contributed by atoms with E-state index in [1.165, 1.54) is 16.5 Å². The monoisotopic (exact) mass is 266 g/mol. The fourth-order valence-corrected chi connectivity index (χ4v) is 2.81. The number of aromatic nitrogens is 2. The molecular formula is C16H11ClN2. The smallest absolute Gasteiger partial charge is 0.0885 e. The third-order valence-electron chi connectivity index (χ3n) is 3.50. The Balaban J connectivity index is 2.28. The molecule has 2 aromatic heterocycles. The van der Waals surface area contributed by atoms with Crippen molar-refractivity contribution in [3.8, 4) is 0 Å². The average Bonchev–Trinajstić information content (AvgIpc) is 2.75. The van der Waals surface area contributed by atoms with Crippen molar-refractivity contribution < 1.29 is 0 Å². The predicted octanol–water partition coefficient (Wildman–Crippen LogP) is 4.60. The molecule has 0 spiro atoms. The summed E-state index contributed by atoms with van der Waals surface area (Å²) >= 11 is 6.03. The zero-order valence-electron chi connectivity index (χ0n) is 10.4. The van der Waals surface area contributed by atoms with Gasteiger partial charge in [0.1, 0.15) is 0 Å². The lowest BCUT2D eigenvalue weighted by Crippen LogP contribution is -1.90. The highest BCUT2D eigenvalue weighted by Crippen LogP contribution is 2.26. The average molecular weight is 267 g/mol. The Bertz CT molecular complexity index is 929. The number of aryl methyl sites for hydroxylation is 1. The van der Waals surface area contributed by atoms with Crippen LogP contribution in [-0.4, -0.2) is 9.38 Å². The van der Waals surface area contributed by atoms with Gasteiger partial charge in [-0.25, -0.2) is 0 Å². The zero-order valence-corrected chi connectivity index (χ0v) is 11.1. The van der Waals surface area contributed by atoms with Gasteiger partial charge in [0.05, 0.1) is 28.3 Å². The maximum Gasteiger partial charge on any atom is 0.0885 e. The molecular weight excluding hydrogens is 256 g/mol. The van der Waals surface area contributed by atoms with E-state index in [1.807, 2.05) is 24.4 Å². The minimum atomic E-state index is 0.714. The third-order valence-corrected chi connectivity index (χ3v) is 3.73. The van der Waals surface area contributed by atoms with Gasteiger partial charge in [-0.1, -0.05) is 23.2 Å². The second kappa shape index (κ2) is 3.72. The van der Waals surface area contributed by atoms with E-state index in [0.717, 1.165) is 16.6 Å². The fraction of sp³-hybridized carbons (Fsp3) is 0.0625. The van der Waals surface area contributed by atoms with Gasteiger partial charge in [-0.2, -0.15) is 0 Å². The molecule has 0 saturated heterocycles. The van der Waals surface area contributed by atoms with E-state index in [4.69, 9.17) is 11.6 Å². The molecule has 2 nitrogen and oxygen atoms in total. The van der Waals surface area contributed by atoms with Crippen molar-refractivity contribution in [3.05, 3.63) is 59.2 Å². The molecule has 4 aromatic rings. The lowest BCUT2D eigenvalue weighted by atomic mass is 10.2. The molecule has 0 unspecified atom stereocenters. The highest BCUT2D eigenvalue weighted by atomic mass is 35.5. The van der Waals surface area contributed by atoms with Gasteiger partial charge >= 0.3 is 0 Å². The van der Waals surface area contributed by atoms with Gasteiger partial charge in [-0.15, -0.1) is 0 Å². The van der Waals surface area contributed by atoms with E-state index >= 15 is 0 Å². The number of halogens is 1. The van der Waals surface area contributed by atoms with E-state index in [9.17, 15) is 0 Å². The Morgan fingerprint density at radius 1 is 1.00 bits per heavy atom. The summed E-state index contributed by atoms with van der Waals surface area (Å²) < 4.78 is 2.23. The molecule has 0 fully saturated rings. The first-order valence-corrected chi connectivity index (χ1v) is 6.56. The molecule has 3 heteroatoms. The zero-order chi connectivity index (χ0) is 13.0. The van der Waals surface area contributed by atoms with Gasteiger partial charge in [0.25, 0.3) is 0 Å². The first-order chi connectivity index (χ1) is 9.22. The van der Waals surface area contributed by atoms with Crippen LogP contribution in [0.3, 0.4) is 0 Å². The van der Waals surface area contributed by atoms with Crippen molar-refractivity contribution >= 4 is 39.1 Å². The molecule has 0 aliphatic rings. The van der Waals surface area contributed by atoms with Crippen LogP contribution in [0.15, 0.2) is 48.7 Å². The van der Waals surface area contributed by atoms with Crippen LogP contribution in [0, 0.1) is 6.92 Å². The number of hydrogen-bond acceptors (Lipinski definition) is 1. The van der Waals surface area contributed by atoms with Crippen LogP contribution in [0.5, 0.6) is 0 Å². The lowest BCUT2D eigenvalue weighted by molar-refractivity contribution is 1.27. The Kier molecular flexibility index (Phi) is 2.12. The molecule has 4 rings (SSSR count). The molecule has 19 heavy (non-hydrogen) atoms. The first kappa shape index (κ1) is 10.8. The Morgan fingerprint density at radius 3 is 2.74 bits per heavy atom. The van der Waals surface area contributed by atoms with Crippen LogP contribution in [0.2, 0.25) is 5.02 Å². The Hall–Kier alpha value is -2.06. The van der Waals surface area contributed by atoms with E-state index in [-0.39, 0.29) is 0 Å². The first-order valence-electron chi connectivity index (χ1n) is 6.18. The number of benzene rings is 2. The number of nitrogens with zero attached hydrogens (tertiary/aromatic N) is 2. The van der Waals surface area contributed by atoms with Gasteiger partial charge in [0, 0.05) is 10.4 Å². The summed E-state index contributed by atoms with van der Waals surface area (Å²) in [5, 5.41) is 1.95. The van der Waals surface area contributed by atoms with Crippen LogP contribution in [0.4, 0.5) is 0 Å². The van der Waals surface area contributed by atoms with Gasteiger partial charge in [-0.05, 0) is 43.3 Å². The highest BCUT2D eigenvalue weighted by molar-refractivity contribution is 6.31. The lowest BCUT2D eigenvalue weighted by Gasteiger charge is -2.04. The second-order valence-electron chi connectivity index (χ2n) is 4.86. The maximum absolute atomic E-state index is 6.03. The molecule has 2 aromatic carbocycles. The summed E-state index contributed by atoms with van der Waals surface area (Å²) in [6.07, 6.45) is 1.90. The Labute approximate surface area is 115 Å². The van der Waals surface area contributed by atoms with E-state index in [2.05, 4.69) is 40.6 Å². The van der Waals surface area contributed by atoms with Crippen LogP contribution >= 0.6 is 11.6 Å². The van der Waals surface area contributed by atoms with Crippen molar-refractivity contribution in [1.82, 2.24) is 9.38 Å². The molecule has 0 aliphatic carbocycles. The van der Waals surface area contributed by atoms with Crippen LogP contribution in [0.25, 0.3) is 27.5 Å². The van der Waals surface area contributed by atoms with E-state index in [0.29, 0.717) is 5.02 Å². The molecule has 0 N–H and O–H groups in total. The molecule has 0 atom stereocenters. The molecule has 0 aliphatic heterocycles.